The van der Waals surface area contributed by atoms with E-state index in [1.807, 2.05) is 18.2 Å². The number of nitrogens with one attached hydrogen (secondary N) is 1. The highest BCUT2D eigenvalue weighted by atomic mass is 16.5. The lowest BCUT2D eigenvalue weighted by Gasteiger charge is -2.08. The summed E-state index contributed by atoms with van der Waals surface area (Å²) in [6, 6.07) is 8.11. The SMILES string of the molecule is COCCCCCCCCNc1ncnc2ccccc12. The second kappa shape index (κ2) is 9.29. The lowest BCUT2D eigenvalue weighted by Crippen LogP contribution is -2.04. The van der Waals surface area contributed by atoms with Gasteiger partial charge in [-0.05, 0) is 25.0 Å². The number of methoxy groups -OCH3 is 1. The maximum Gasteiger partial charge on any atom is 0.137 e. The summed E-state index contributed by atoms with van der Waals surface area (Å²) in [5, 5.41) is 4.52. The Morgan fingerprint density at radius 2 is 1.71 bits per heavy atom. The van der Waals surface area contributed by atoms with Crippen molar-refractivity contribution in [2.45, 2.75) is 38.5 Å². The molecule has 2 aromatic rings. The van der Waals surface area contributed by atoms with E-state index in [0.717, 1.165) is 29.9 Å². The van der Waals surface area contributed by atoms with Gasteiger partial charge in [-0.15, -0.1) is 0 Å². The predicted octanol–water partition coefficient (Wildman–Crippen LogP) is 4.03. The summed E-state index contributed by atoms with van der Waals surface area (Å²) in [6.45, 7) is 1.86. The van der Waals surface area contributed by atoms with Crippen molar-refractivity contribution in [3.8, 4) is 0 Å². The van der Waals surface area contributed by atoms with Gasteiger partial charge in [0.2, 0.25) is 0 Å². The van der Waals surface area contributed by atoms with E-state index in [9.17, 15) is 0 Å². The van der Waals surface area contributed by atoms with Gasteiger partial charge < -0.3 is 10.1 Å². The maximum absolute atomic E-state index is 5.05. The van der Waals surface area contributed by atoms with Crippen LogP contribution in [0, 0.1) is 0 Å². The minimum absolute atomic E-state index is 0.891. The molecule has 0 spiro atoms. The van der Waals surface area contributed by atoms with E-state index in [1.165, 1.54) is 38.5 Å². The fraction of sp³-hybridized carbons (Fsp3) is 0.529. The first-order chi connectivity index (χ1) is 10.4. The van der Waals surface area contributed by atoms with Crippen LogP contribution >= 0.6 is 0 Å². The number of fused-ring (bicyclic) bond motifs is 1. The van der Waals surface area contributed by atoms with Crippen LogP contribution in [0.1, 0.15) is 38.5 Å². The molecule has 1 aromatic heterocycles. The average molecular weight is 287 g/mol. The summed E-state index contributed by atoms with van der Waals surface area (Å²) in [5.41, 5.74) is 0.994. The molecule has 0 fully saturated rings. The van der Waals surface area contributed by atoms with E-state index in [1.54, 1.807) is 13.4 Å². The van der Waals surface area contributed by atoms with Crippen LogP contribution in [-0.2, 0) is 4.74 Å². The second-order valence-electron chi connectivity index (χ2n) is 5.28. The molecule has 0 amide bonds. The van der Waals surface area contributed by atoms with E-state index < -0.39 is 0 Å². The fourth-order valence-electron chi connectivity index (χ4n) is 2.43. The maximum atomic E-state index is 5.05. The lowest BCUT2D eigenvalue weighted by molar-refractivity contribution is 0.192. The summed E-state index contributed by atoms with van der Waals surface area (Å²) in [7, 11) is 1.77. The number of benzene rings is 1. The van der Waals surface area contributed by atoms with E-state index in [4.69, 9.17) is 4.74 Å². The number of anilines is 1. The Balaban J connectivity index is 1.64. The molecule has 1 heterocycles. The van der Waals surface area contributed by atoms with E-state index >= 15 is 0 Å². The number of hydrogen-bond acceptors (Lipinski definition) is 4. The van der Waals surface area contributed by atoms with Crippen molar-refractivity contribution in [1.82, 2.24) is 9.97 Å². The first kappa shape index (κ1) is 15.7. The van der Waals surface area contributed by atoms with Crippen LogP contribution in [-0.4, -0.2) is 30.2 Å². The summed E-state index contributed by atoms with van der Waals surface area (Å²) >= 11 is 0. The molecular formula is C17H25N3O. The molecule has 4 nitrogen and oxygen atoms in total. The Hall–Kier alpha value is -1.68. The van der Waals surface area contributed by atoms with Crippen molar-refractivity contribution in [1.29, 1.82) is 0 Å². The highest BCUT2D eigenvalue weighted by Crippen LogP contribution is 2.18. The van der Waals surface area contributed by atoms with Crippen LogP contribution in [0.25, 0.3) is 10.9 Å². The minimum Gasteiger partial charge on any atom is -0.385 e. The normalized spacial score (nSPS) is 10.9. The monoisotopic (exact) mass is 287 g/mol. The van der Waals surface area contributed by atoms with Crippen molar-refractivity contribution in [2.75, 3.05) is 25.6 Å². The highest BCUT2D eigenvalue weighted by Gasteiger charge is 2.01. The molecule has 0 aliphatic carbocycles. The molecule has 0 unspecified atom stereocenters. The summed E-state index contributed by atoms with van der Waals surface area (Å²) in [6.07, 6.45) is 9.14. The highest BCUT2D eigenvalue weighted by molar-refractivity contribution is 5.88. The molecule has 0 atom stereocenters. The van der Waals surface area contributed by atoms with Crippen LogP contribution in [0.4, 0.5) is 5.82 Å². The van der Waals surface area contributed by atoms with Crippen molar-refractivity contribution >= 4 is 16.7 Å². The Labute approximate surface area is 127 Å². The van der Waals surface area contributed by atoms with E-state index in [-0.39, 0.29) is 0 Å². The van der Waals surface area contributed by atoms with Crippen LogP contribution in [0.15, 0.2) is 30.6 Å². The third-order valence-electron chi connectivity index (χ3n) is 3.61. The first-order valence-corrected chi connectivity index (χ1v) is 7.84. The molecule has 0 aliphatic heterocycles. The number of rotatable bonds is 10. The van der Waals surface area contributed by atoms with Gasteiger partial charge in [0.15, 0.2) is 0 Å². The van der Waals surface area contributed by atoms with Gasteiger partial charge in [-0.3, -0.25) is 0 Å². The molecule has 21 heavy (non-hydrogen) atoms. The molecule has 114 valence electrons. The summed E-state index contributed by atoms with van der Waals surface area (Å²) < 4.78 is 5.05. The zero-order valence-corrected chi connectivity index (χ0v) is 12.8. The van der Waals surface area contributed by atoms with Crippen molar-refractivity contribution in [3.63, 3.8) is 0 Å². The van der Waals surface area contributed by atoms with Crippen LogP contribution in [0.2, 0.25) is 0 Å². The van der Waals surface area contributed by atoms with Gasteiger partial charge >= 0.3 is 0 Å². The van der Waals surface area contributed by atoms with Gasteiger partial charge in [0, 0.05) is 25.6 Å². The number of hydrogen-bond donors (Lipinski definition) is 1. The molecule has 0 radical (unpaired) electrons. The summed E-state index contributed by atoms with van der Waals surface area (Å²) in [5.74, 6) is 0.945. The molecule has 0 bridgehead atoms. The topological polar surface area (TPSA) is 47.0 Å². The summed E-state index contributed by atoms with van der Waals surface area (Å²) in [4.78, 5) is 8.61. The number of aromatic nitrogens is 2. The molecule has 1 N–H and O–H groups in total. The van der Waals surface area contributed by atoms with Crippen molar-refractivity contribution < 1.29 is 4.74 Å². The molecule has 1 aromatic carbocycles. The Bertz CT molecular complexity index is 525. The van der Waals surface area contributed by atoms with E-state index in [2.05, 4.69) is 21.4 Å². The Kier molecular flexibility index (Phi) is 6.95. The standard InChI is InChI=1S/C17H25N3O/c1-21-13-9-5-3-2-4-8-12-18-17-15-10-6-7-11-16(15)19-14-20-17/h6-7,10-11,14H,2-5,8-9,12-13H2,1H3,(H,18,19,20). The third kappa shape index (κ3) is 5.31. The average Bonchev–Trinajstić information content (AvgIpc) is 2.53. The van der Waals surface area contributed by atoms with Crippen LogP contribution in [0.3, 0.4) is 0 Å². The number of ether oxygens (including phenoxy) is 1. The van der Waals surface area contributed by atoms with Crippen molar-refractivity contribution in [2.24, 2.45) is 0 Å². The smallest absolute Gasteiger partial charge is 0.137 e. The largest absolute Gasteiger partial charge is 0.385 e. The number of para-hydroxylation sites is 1. The van der Waals surface area contributed by atoms with Crippen molar-refractivity contribution in [3.05, 3.63) is 30.6 Å². The van der Waals surface area contributed by atoms with Gasteiger partial charge in [-0.1, -0.05) is 37.8 Å². The van der Waals surface area contributed by atoms with Crippen LogP contribution in [0.5, 0.6) is 0 Å². The van der Waals surface area contributed by atoms with Gasteiger partial charge in [-0.2, -0.15) is 0 Å². The van der Waals surface area contributed by atoms with Gasteiger partial charge in [0.05, 0.1) is 5.52 Å². The fourth-order valence-corrected chi connectivity index (χ4v) is 2.43. The minimum atomic E-state index is 0.891. The van der Waals surface area contributed by atoms with Gasteiger partial charge in [0.25, 0.3) is 0 Å². The molecular weight excluding hydrogens is 262 g/mol. The van der Waals surface area contributed by atoms with E-state index in [0.29, 0.717) is 0 Å². The first-order valence-electron chi connectivity index (χ1n) is 7.84. The third-order valence-corrected chi connectivity index (χ3v) is 3.61. The van der Waals surface area contributed by atoms with Gasteiger partial charge in [-0.25, -0.2) is 9.97 Å². The number of nitrogens with zero attached hydrogens (tertiary/aromatic N) is 2. The van der Waals surface area contributed by atoms with Gasteiger partial charge in [0.1, 0.15) is 12.1 Å². The quantitative estimate of drug-likeness (QED) is 0.670. The predicted molar refractivity (Wildman–Crippen MR) is 87.6 cm³/mol. The molecule has 0 aliphatic rings. The second-order valence-corrected chi connectivity index (χ2v) is 5.28. The molecule has 0 saturated heterocycles. The molecule has 4 heteroatoms. The Morgan fingerprint density at radius 3 is 2.57 bits per heavy atom. The van der Waals surface area contributed by atoms with Crippen LogP contribution < -0.4 is 5.32 Å². The Morgan fingerprint density at radius 1 is 0.952 bits per heavy atom. The molecule has 0 saturated carbocycles. The zero-order chi connectivity index (χ0) is 14.8. The molecule has 2 rings (SSSR count). The zero-order valence-electron chi connectivity index (χ0n) is 12.8. The number of unbranched alkanes of at least 4 members (excludes halogenated alkanes) is 5. The lowest BCUT2D eigenvalue weighted by atomic mass is 10.1.